The minimum absolute atomic E-state index is 0.466. The molecule has 1 saturated carbocycles. The van der Waals surface area contributed by atoms with Gasteiger partial charge in [-0.3, -0.25) is 4.40 Å². The third kappa shape index (κ3) is 2.48. The third-order valence-electron chi connectivity index (χ3n) is 3.84. The maximum atomic E-state index is 5.83. The van der Waals surface area contributed by atoms with Gasteiger partial charge in [0.2, 0.25) is 0 Å². The molecule has 2 heterocycles. The molecule has 0 radical (unpaired) electrons. The smallest absolute Gasteiger partial charge is 0.165 e. The van der Waals surface area contributed by atoms with Crippen molar-refractivity contribution in [2.75, 3.05) is 0 Å². The second-order valence-electron chi connectivity index (χ2n) is 5.10. The SMILES string of the molecule is Clc1cc2nnc(CCC3CCCCC3)n2cn1. The lowest BCUT2D eigenvalue weighted by molar-refractivity contribution is 0.337. The molecule has 0 atom stereocenters. The Labute approximate surface area is 111 Å². The highest BCUT2D eigenvalue weighted by Crippen LogP contribution is 2.27. The maximum Gasteiger partial charge on any atom is 0.165 e. The van der Waals surface area contributed by atoms with E-state index in [4.69, 9.17) is 11.6 Å². The molecule has 0 amide bonds. The van der Waals surface area contributed by atoms with Crippen LogP contribution in [0.15, 0.2) is 12.4 Å². The van der Waals surface area contributed by atoms with Crippen LogP contribution in [-0.2, 0) is 6.42 Å². The summed E-state index contributed by atoms with van der Waals surface area (Å²) < 4.78 is 1.94. The van der Waals surface area contributed by atoms with Crippen molar-refractivity contribution < 1.29 is 0 Å². The van der Waals surface area contributed by atoms with Gasteiger partial charge in [-0.25, -0.2) is 4.98 Å². The fourth-order valence-electron chi connectivity index (χ4n) is 2.80. The number of hydrogen-bond acceptors (Lipinski definition) is 3. The fraction of sp³-hybridized carbons (Fsp3) is 0.615. The zero-order valence-electron chi connectivity index (χ0n) is 10.3. The summed E-state index contributed by atoms with van der Waals surface area (Å²) in [7, 11) is 0. The van der Waals surface area contributed by atoms with Crippen LogP contribution in [0.25, 0.3) is 5.65 Å². The Bertz CT molecular complexity index is 531. The highest BCUT2D eigenvalue weighted by Gasteiger charge is 2.15. The first-order chi connectivity index (χ1) is 8.83. The van der Waals surface area contributed by atoms with Crippen LogP contribution in [0.3, 0.4) is 0 Å². The normalized spacial score (nSPS) is 17.4. The van der Waals surface area contributed by atoms with Gasteiger partial charge in [-0.15, -0.1) is 10.2 Å². The molecule has 1 aliphatic carbocycles. The van der Waals surface area contributed by atoms with E-state index in [1.54, 1.807) is 12.4 Å². The summed E-state index contributed by atoms with van der Waals surface area (Å²) in [5.74, 6) is 1.87. The van der Waals surface area contributed by atoms with E-state index < -0.39 is 0 Å². The van der Waals surface area contributed by atoms with Gasteiger partial charge in [0.25, 0.3) is 0 Å². The Kier molecular flexibility index (Phi) is 3.46. The van der Waals surface area contributed by atoms with Crippen LogP contribution < -0.4 is 0 Å². The topological polar surface area (TPSA) is 43.1 Å². The van der Waals surface area contributed by atoms with E-state index in [0.29, 0.717) is 5.15 Å². The Morgan fingerprint density at radius 2 is 2.06 bits per heavy atom. The minimum atomic E-state index is 0.466. The van der Waals surface area contributed by atoms with Gasteiger partial charge >= 0.3 is 0 Å². The second-order valence-corrected chi connectivity index (χ2v) is 5.49. The van der Waals surface area contributed by atoms with E-state index in [9.17, 15) is 0 Å². The van der Waals surface area contributed by atoms with Crippen molar-refractivity contribution in [2.45, 2.75) is 44.9 Å². The number of rotatable bonds is 3. The van der Waals surface area contributed by atoms with Crippen molar-refractivity contribution >= 4 is 17.2 Å². The van der Waals surface area contributed by atoms with Crippen LogP contribution in [0.5, 0.6) is 0 Å². The Hall–Kier alpha value is -1.16. The van der Waals surface area contributed by atoms with Gasteiger partial charge in [-0.05, 0) is 12.3 Å². The summed E-state index contributed by atoms with van der Waals surface area (Å²) in [5, 5.41) is 8.83. The molecule has 2 aromatic heterocycles. The summed E-state index contributed by atoms with van der Waals surface area (Å²) in [6.07, 6.45) is 10.9. The average Bonchev–Trinajstić information content (AvgIpc) is 2.80. The zero-order valence-corrected chi connectivity index (χ0v) is 11.1. The van der Waals surface area contributed by atoms with E-state index in [1.807, 2.05) is 4.40 Å². The number of aromatic nitrogens is 4. The largest absolute Gasteiger partial charge is 0.269 e. The molecule has 96 valence electrons. The van der Waals surface area contributed by atoms with E-state index >= 15 is 0 Å². The molecule has 18 heavy (non-hydrogen) atoms. The van der Waals surface area contributed by atoms with Gasteiger partial charge in [0, 0.05) is 12.5 Å². The minimum Gasteiger partial charge on any atom is -0.269 e. The van der Waals surface area contributed by atoms with Gasteiger partial charge in [-0.1, -0.05) is 43.7 Å². The van der Waals surface area contributed by atoms with Crippen molar-refractivity contribution in [1.29, 1.82) is 0 Å². The van der Waals surface area contributed by atoms with Gasteiger partial charge in [0.05, 0.1) is 0 Å². The first-order valence-corrected chi connectivity index (χ1v) is 7.06. The van der Waals surface area contributed by atoms with Crippen molar-refractivity contribution in [2.24, 2.45) is 5.92 Å². The summed E-state index contributed by atoms with van der Waals surface area (Å²) >= 11 is 5.83. The van der Waals surface area contributed by atoms with Crippen LogP contribution in [0.1, 0.15) is 44.3 Å². The van der Waals surface area contributed by atoms with Crippen molar-refractivity contribution in [3.63, 3.8) is 0 Å². The standard InChI is InChI=1S/C13H17ClN4/c14-11-8-13-17-16-12(18(13)9-15-11)7-6-10-4-2-1-3-5-10/h8-10H,1-7H2. The molecule has 0 spiro atoms. The highest BCUT2D eigenvalue weighted by atomic mass is 35.5. The van der Waals surface area contributed by atoms with Crippen LogP contribution in [-0.4, -0.2) is 19.6 Å². The van der Waals surface area contributed by atoms with Gasteiger partial charge < -0.3 is 0 Å². The molecule has 0 aromatic carbocycles. The van der Waals surface area contributed by atoms with Crippen LogP contribution in [0.2, 0.25) is 5.15 Å². The molecule has 3 rings (SSSR count). The molecule has 5 heteroatoms. The van der Waals surface area contributed by atoms with E-state index in [2.05, 4.69) is 15.2 Å². The molecule has 0 N–H and O–H groups in total. The van der Waals surface area contributed by atoms with Gasteiger partial charge in [-0.2, -0.15) is 0 Å². The van der Waals surface area contributed by atoms with Crippen molar-refractivity contribution in [3.8, 4) is 0 Å². The van der Waals surface area contributed by atoms with Gasteiger partial charge in [0.1, 0.15) is 17.3 Å². The lowest BCUT2D eigenvalue weighted by Crippen LogP contribution is -2.08. The van der Waals surface area contributed by atoms with Crippen LogP contribution in [0.4, 0.5) is 0 Å². The first-order valence-electron chi connectivity index (χ1n) is 6.68. The average molecular weight is 265 g/mol. The maximum absolute atomic E-state index is 5.83. The Balaban J connectivity index is 1.70. The Morgan fingerprint density at radius 1 is 1.22 bits per heavy atom. The van der Waals surface area contributed by atoms with Crippen molar-refractivity contribution in [3.05, 3.63) is 23.4 Å². The highest BCUT2D eigenvalue weighted by molar-refractivity contribution is 6.29. The van der Waals surface area contributed by atoms with E-state index in [-0.39, 0.29) is 0 Å². The third-order valence-corrected chi connectivity index (χ3v) is 4.05. The molecule has 0 bridgehead atoms. The fourth-order valence-corrected chi connectivity index (χ4v) is 2.94. The predicted molar refractivity (Wildman–Crippen MR) is 70.7 cm³/mol. The molecular weight excluding hydrogens is 248 g/mol. The molecule has 1 fully saturated rings. The number of nitrogens with zero attached hydrogens (tertiary/aromatic N) is 4. The Morgan fingerprint density at radius 3 is 2.89 bits per heavy atom. The molecule has 0 unspecified atom stereocenters. The number of halogens is 1. The number of hydrogen-bond donors (Lipinski definition) is 0. The number of fused-ring (bicyclic) bond motifs is 1. The molecule has 0 saturated heterocycles. The summed E-state index contributed by atoms with van der Waals surface area (Å²) in [6.45, 7) is 0. The summed E-state index contributed by atoms with van der Waals surface area (Å²) in [4.78, 5) is 4.08. The molecular formula is C13H17ClN4. The van der Waals surface area contributed by atoms with E-state index in [0.717, 1.165) is 23.8 Å². The number of aryl methyl sites for hydroxylation is 1. The second kappa shape index (κ2) is 5.22. The van der Waals surface area contributed by atoms with Crippen molar-refractivity contribution in [1.82, 2.24) is 19.6 Å². The molecule has 0 aliphatic heterocycles. The lowest BCUT2D eigenvalue weighted by atomic mass is 9.86. The van der Waals surface area contributed by atoms with E-state index in [1.165, 1.54) is 38.5 Å². The molecule has 1 aliphatic rings. The first kappa shape index (κ1) is 11.9. The molecule has 4 nitrogen and oxygen atoms in total. The zero-order chi connectivity index (χ0) is 12.4. The van der Waals surface area contributed by atoms with Crippen LogP contribution in [0, 0.1) is 5.92 Å². The predicted octanol–water partition coefficient (Wildman–Crippen LogP) is 3.29. The van der Waals surface area contributed by atoms with Crippen LogP contribution >= 0.6 is 11.6 Å². The van der Waals surface area contributed by atoms with Gasteiger partial charge in [0.15, 0.2) is 5.65 Å². The summed E-state index contributed by atoms with van der Waals surface area (Å²) in [6, 6.07) is 1.75. The quantitative estimate of drug-likeness (QED) is 0.799. The summed E-state index contributed by atoms with van der Waals surface area (Å²) in [5.41, 5.74) is 0.786. The monoisotopic (exact) mass is 264 g/mol. The lowest BCUT2D eigenvalue weighted by Gasteiger charge is -2.20. The molecule has 2 aromatic rings.